The molecule has 17 heavy (non-hydrogen) atoms. The Hall–Kier alpha value is -2.08. The summed E-state index contributed by atoms with van der Waals surface area (Å²) in [5, 5.41) is 0. The number of nitrogens with one attached hydrogen (secondary N) is 2. The first-order valence-electron chi connectivity index (χ1n) is 5.07. The molecular weight excluding hydrogens is 236 g/mol. The van der Waals surface area contributed by atoms with Gasteiger partial charge in [-0.15, -0.1) is 0 Å². The van der Waals surface area contributed by atoms with Gasteiger partial charge >= 0.3 is 0 Å². The third kappa shape index (κ3) is 1.72. The largest absolute Gasteiger partial charge is 0.317 e. The predicted molar refractivity (Wildman–Crippen MR) is 66.4 cm³/mol. The van der Waals surface area contributed by atoms with Gasteiger partial charge < -0.3 is 4.98 Å². The molecule has 2 aromatic heterocycles. The monoisotopic (exact) mass is 244 g/mol. The molecule has 1 aliphatic rings. The summed E-state index contributed by atoms with van der Waals surface area (Å²) in [6.07, 6.45) is 3.93. The molecule has 0 amide bonds. The van der Waals surface area contributed by atoms with E-state index in [0.29, 0.717) is 22.6 Å². The molecule has 0 aliphatic carbocycles. The van der Waals surface area contributed by atoms with E-state index in [1.54, 1.807) is 12.4 Å². The summed E-state index contributed by atoms with van der Waals surface area (Å²) in [4.78, 5) is 25.5. The maximum Gasteiger partial charge on any atom is 0.257 e. The van der Waals surface area contributed by atoms with Gasteiger partial charge in [-0.05, 0) is 18.3 Å². The zero-order valence-corrected chi connectivity index (χ0v) is 9.54. The second-order valence-electron chi connectivity index (χ2n) is 3.71. The Morgan fingerprint density at radius 3 is 3.00 bits per heavy atom. The quantitative estimate of drug-likeness (QED) is 0.747. The van der Waals surface area contributed by atoms with Gasteiger partial charge in [-0.1, -0.05) is 6.07 Å². The number of rotatable bonds is 1. The van der Waals surface area contributed by atoms with Crippen LogP contribution in [0.25, 0.3) is 0 Å². The van der Waals surface area contributed by atoms with E-state index >= 15 is 0 Å². The van der Waals surface area contributed by atoms with E-state index in [2.05, 4.69) is 19.9 Å². The van der Waals surface area contributed by atoms with E-state index in [1.165, 1.54) is 0 Å². The second-order valence-corrected chi connectivity index (χ2v) is 4.12. The first kappa shape index (κ1) is 10.1. The van der Waals surface area contributed by atoms with Gasteiger partial charge in [0.1, 0.15) is 5.82 Å². The lowest BCUT2D eigenvalue weighted by molar-refractivity contribution is 1.05. The van der Waals surface area contributed by atoms with Crippen molar-refractivity contribution in [2.45, 2.75) is 6.42 Å². The van der Waals surface area contributed by atoms with Crippen molar-refractivity contribution in [3.63, 3.8) is 0 Å². The molecule has 84 valence electrons. The number of pyridine rings is 1. The van der Waals surface area contributed by atoms with Crippen molar-refractivity contribution in [2.75, 3.05) is 0 Å². The van der Waals surface area contributed by atoms with Crippen LogP contribution in [-0.4, -0.2) is 20.7 Å². The van der Waals surface area contributed by atoms with Gasteiger partial charge in [0.05, 0.1) is 11.3 Å². The van der Waals surface area contributed by atoms with E-state index in [9.17, 15) is 4.79 Å². The van der Waals surface area contributed by atoms with Gasteiger partial charge in [0.2, 0.25) is 0 Å². The second kappa shape index (κ2) is 3.74. The molecule has 0 aromatic carbocycles. The minimum atomic E-state index is -0.175. The van der Waals surface area contributed by atoms with Crippen molar-refractivity contribution in [3.05, 3.63) is 50.8 Å². The molecule has 6 heteroatoms. The van der Waals surface area contributed by atoms with Crippen LogP contribution in [0.15, 0.2) is 34.3 Å². The average molecular weight is 244 g/mol. The summed E-state index contributed by atoms with van der Waals surface area (Å²) in [5.74, 6) is 0.553. The molecule has 5 nitrogen and oxygen atoms in total. The van der Waals surface area contributed by atoms with Crippen molar-refractivity contribution in [3.8, 4) is 0 Å². The Bertz CT molecular complexity index is 714. The molecule has 0 radical (unpaired) electrons. The maximum atomic E-state index is 11.7. The van der Waals surface area contributed by atoms with Crippen molar-refractivity contribution in [2.24, 2.45) is 4.99 Å². The zero-order valence-electron chi connectivity index (χ0n) is 8.73. The Balaban J connectivity index is 2.12. The highest BCUT2D eigenvalue weighted by atomic mass is 32.1. The fourth-order valence-electron chi connectivity index (χ4n) is 1.80. The zero-order chi connectivity index (χ0) is 11.8. The topological polar surface area (TPSA) is 73.9 Å². The van der Waals surface area contributed by atoms with Crippen LogP contribution < -0.4 is 5.56 Å². The van der Waals surface area contributed by atoms with E-state index in [4.69, 9.17) is 12.2 Å². The number of aromatic nitrogens is 3. The van der Waals surface area contributed by atoms with Gasteiger partial charge in [-0.25, -0.2) is 4.99 Å². The fourth-order valence-corrected chi connectivity index (χ4v) is 1.99. The molecule has 0 saturated heterocycles. The molecule has 2 aromatic rings. The molecule has 0 atom stereocenters. The van der Waals surface area contributed by atoms with Crippen LogP contribution >= 0.6 is 12.2 Å². The number of hydrogen-bond donors (Lipinski definition) is 2. The summed E-state index contributed by atoms with van der Waals surface area (Å²) in [6.45, 7) is 0. The molecule has 0 spiro atoms. The lowest BCUT2D eigenvalue weighted by Crippen LogP contribution is -2.14. The van der Waals surface area contributed by atoms with Crippen LogP contribution in [0, 0.1) is 4.77 Å². The van der Waals surface area contributed by atoms with Crippen LogP contribution in [-0.2, 0) is 6.42 Å². The third-order valence-corrected chi connectivity index (χ3v) is 2.81. The fraction of sp³-hybridized carbons (Fsp3) is 0.0909. The Morgan fingerprint density at radius 1 is 1.35 bits per heavy atom. The summed E-state index contributed by atoms with van der Waals surface area (Å²) < 4.78 is 0.296. The maximum absolute atomic E-state index is 11.7. The number of fused-ring (bicyclic) bond motifs is 1. The highest BCUT2D eigenvalue weighted by Gasteiger charge is 2.19. The van der Waals surface area contributed by atoms with E-state index < -0.39 is 0 Å². The lowest BCUT2D eigenvalue weighted by atomic mass is 10.1. The van der Waals surface area contributed by atoms with Crippen molar-refractivity contribution in [1.82, 2.24) is 15.0 Å². The summed E-state index contributed by atoms with van der Waals surface area (Å²) in [7, 11) is 0. The van der Waals surface area contributed by atoms with Crippen molar-refractivity contribution in [1.29, 1.82) is 0 Å². The minimum Gasteiger partial charge on any atom is -0.317 e. The Morgan fingerprint density at radius 2 is 2.24 bits per heavy atom. The average Bonchev–Trinajstić information content (AvgIpc) is 2.74. The predicted octanol–water partition coefficient (Wildman–Crippen LogP) is 1.50. The van der Waals surface area contributed by atoms with E-state index in [-0.39, 0.29) is 5.56 Å². The Labute approximate surface area is 101 Å². The highest BCUT2D eigenvalue weighted by Crippen LogP contribution is 2.22. The lowest BCUT2D eigenvalue weighted by Gasteiger charge is -1.97. The highest BCUT2D eigenvalue weighted by molar-refractivity contribution is 7.71. The van der Waals surface area contributed by atoms with Gasteiger partial charge in [-0.3, -0.25) is 14.8 Å². The molecule has 1 aliphatic heterocycles. The molecule has 3 heterocycles. The standard InChI is InChI=1S/C11H8N4OS/c16-10-7-4-8(6-2-1-3-12-5-6)13-9(7)14-11(17)15-10/h1-3,5H,4H2,(H2,14,15,16,17). The van der Waals surface area contributed by atoms with Crippen LogP contribution in [0.3, 0.4) is 0 Å². The van der Waals surface area contributed by atoms with Crippen molar-refractivity contribution >= 4 is 23.7 Å². The van der Waals surface area contributed by atoms with Crippen LogP contribution in [0.1, 0.15) is 11.1 Å². The van der Waals surface area contributed by atoms with E-state index in [1.807, 2.05) is 12.1 Å². The van der Waals surface area contributed by atoms with Gasteiger partial charge in [0.25, 0.3) is 5.56 Å². The van der Waals surface area contributed by atoms with Gasteiger partial charge in [-0.2, -0.15) is 0 Å². The SMILES string of the molecule is O=c1[nH]c(=S)[nH]c2c1CC(c1cccnc1)=N2. The first-order valence-corrected chi connectivity index (χ1v) is 5.48. The van der Waals surface area contributed by atoms with Gasteiger partial charge in [0.15, 0.2) is 4.77 Å². The van der Waals surface area contributed by atoms with Gasteiger partial charge in [0, 0.05) is 24.4 Å². The smallest absolute Gasteiger partial charge is 0.257 e. The molecule has 0 fully saturated rings. The van der Waals surface area contributed by atoms with Crippen molar-refractivity contribution < 1.29 is 0 Å². The summed E-state index contributed by atoms with van der Waals surface area (Å²) in [6, 6.07) is 3.76. The molecule has 3 rings (SSSR count). The number of nitrogens with zero attached hydrogens (tertiary/aromatic N) is 2. The summed E-state index contributed by atoms with van der Waals surface area (Å²) >= 11 is 4.90. The molecule has 0 saturated carbocycles. The number of aliphatic imine (C=N–C) groups is 1. The Kier molecular flexibility index (Phi) is 2.22. The van der Waals surface area contributed by atoms with E-state index in [0.717, 1.165) is 11.3 Å². The summed E-state index contributed by atoms with van der Waals surface area (Å²) in [5.41, 5.74) is 2.20. The molecule has 2 N–H and O–H groups in total. The van der Waals surface area contributed by atoms with Crippen LogP contribution in [0.5, 0.6) is 0 Å². The number of H-pyrrole nitrogens is 2. The normalized spacial score (nSPS) is 13.3. The molecule has 0 bridgehead atoms. The number of hydrogen-bond acceptors (Lipinski definition) is 4. The first-order chi connectivity index (χ1) is 8.24. The minimum absolute atomic E-state index is 0.175. The third-order valence-electron chi connectivity index (χ3n) is 2.60. The van der Waals surface area contributed by atoms with Crippen LogP contribution in [0.4, 0.5) is 5.82 Å². The molecule has 0 unspecified atom stereocenters. The van der Waals surface area contributed by atoms with Crippen LogP contribution in [0.2, 0.25) is 0 Å². The molecular formula is C11H8N4OS. The number of aromatic amines is 2.